The lowest BCUT2D eigenvalue weighted by Gasteiger charge is -2.38. The van der Waals surface area contributed by atoms with E-state index in [0.29, 0.717) is 5.69 Å². The van der Waals surface area contributed by atoms with Gasteiger partial charge in [-0.15, -0.1) is 12.4 Å². The van der Waals surface area contributed by atoms with Crippen molar-refractivity contribution in [2.75, 3.05) is 10.7 Å². The van der Waals surface area contributed by atoms with Crippen molar-refractivity contribution >= 4 is 39.9 Å². The second-order valence-corrected chi connectivity index (χ2v) is 7.45. The molecule has 122 valence electrons. The smallest absolute Gasteiger partial charge is 0.220 e. The molecule has 7 nitrogen and oxygen atoms in total. The summed E-state index contributed by atoms with van der Waals surface area (Å²) < 4.78 is 23.6. The molecule has 0 atom stereocenters. The molecule has 0 radical (unpaired) electrons. The van der Waals surface area contributed by atoms with Crippen LogP contribution in [-0.2, 0) is 9.84 Å². The molecule has 0 bridgehead atoms. The number of sulfone groups is 1. The number of nitrogens with two attached hydrogens (primary N) is 2. The second kappa shape index (κ2) is 6.13. The highest BCUT2D eigenvalue weighted by Crippen LogP contribution is 2.28. The summed E-state index contributed by atoms with van der Waals surface area (Å²) in [5.74, 6) is 0.406. The Kier molecular flexibility index (Phi) is 5.09. The predicted molar refractivity (Wildman–Crippen MR) is 91.2 cm³/mol. The van der Waals surface area contributed by atoms with Crippen LogP contribution in [0.4, 0.5) is 5.69 Å². The van der Waals surface area contributed by atoms with Crippen molar-refractivity contribution in [3.8, 4) is 0 Å². The zero-order chi connectivity index (χ0) is 15.8. The van der Waals surface area contributed by atoms with Crippen LogP contribution in [-0.4, -0.2) is 31.8 Å². The molecule has 1 aliphatic heterocycles. The lowest BCUT2D eigenvalue weighted by atomic mass is 10.1. The highest BCUT2D eigenvalue weighted by Gasteiger charge is 2.33. The van der Waals surface area contributed by atoms with E-state index in [9.17, 15) is 8.42 Å². The molecule has 0 fully saturated rings. The van der Waals surface area contributed by atoms with Crippen LogP contribution in [0, 0.1) is 0 Å². The van der Waals surface area contributed by atoms with E-state index in [1.165, 1.54) is 0 Å². The van der Waals surface area contributed by atoms with Gasteiger partial charge in [0, 0.05) is 5.69 Å². The standard InChI is InChI=1S/C13H19N5O2S.ClH/c1-4-21(19,20)10-7-5-9(6-8-10)18-12(15)16-11(14)17-13(18,2)3;/h5-8H,4H2,1-3H3,(H4,14,15,16,17);1H. The minimum Gasteiger partial charge on any atom is -0.369 e. The SMILES string of the molecule is CCS(=O)(=O)c1ccc(N2C(N)=NC(N)=NC2(C)C)cc1.Cl. The highest BCUT2D eigenvalue weighted by atomic mass is 35.5. The monoisotopic (exact) mass is 345 g/mol. The molecule has 1 heterocycles. The summed E-state index contributed by atoms with van der Waals surface area (Å²) in [4.78, 5) is 10.2. The molecule has 22 heavy (non-hydrogen) atoms. The first-order valence-corrected chi connectivity index (χ1v) is 8.15. The molecule has 1 aromatic rings. The lowest BCUT2D eigenvalue weighted by Crippen LogP contribution is -2.54. The van der Waals surface area contributed by atoms with E-state index in [0.717, 1.165) is 0 Å². The molecule has 0 saturated heterocycles. The van der Waals surface area contributed by atoms with Crippen LogP contribution >= 0.6 is 12.4 Å². The van der Waals surface area contributed by atoms with Gasteiger partial charge in [-0.05, 0) is 38.1 Å². The third-order valence-electron chi connectivity index (χ3n) is 3.23. The van der Waals surface area contributed by atoms with Crippen molar-refractivity contribution in [1.29, 1.82) is 0 Å². The van der Waals surface area contributed by atoms with E-state index >= 15 is 0 Å². The highest BCUT2D eigenvalue weighted by molar-refractivity contribution is 7.91. The third kappa shape index (κ3) is 3.33. The Balaban J connectivity index is 0.00000242. The van der Waals surface area contributed by atoms with E-state index < -0.39 is 15.5 Å². The van der Waals surface area contributed by atoms with Crippen LogP contribution in [0.15, 0.2) is 39.1 Å². The van der Waals surface area contributed by atoms with Crippen molar-refractivity contribution in [1.82, 2.24) is 0 Å². The van der Waals surface area contributed by atoms with Gasteiger partial charge in [0.05, 0.1) is 10.6 Å². The zero-order valence-corrected chi connectivity index (χ0v) is 14.3. The summed E-state index contributed by atoms with van der Waals surface area (Å²) in [6, 6.07) is 6.48. The molecule has 1 aromatic carbocycles. The Morgan fingerprint density at radius 1 is 1.18 bits per heavy atom. The van der Waals surface area contributed by atoms with E-state index in [1.54, 1.807) is 36.1 Å². The maximum atomic E-state index is 11.8. The molecule has 0 aliphatic carbocycles. The van der Waals surface area contributed by atoms with Gasteiger partial charge in [0.15, 0.2) is 9.84 Å². The van der Waals surface area contributed by atoms with Gasteiger partial charge in [0.25, 0.3) is 0 Å². The van der Waals surface area contributed by atoms with Gasteiger partial charge >= 0.3 is 0 Å². The fourth-order valence-electron chi connectivity index (χ4n) is 2.22. The number of benzene rings is 1. The number of nitrogens with zero attached hydrogens (tertiary/aromatic N) is 3. The van der Waals surface area contributed by atoms with Gasteiger partial charge in [0.2, 0.25) is 11.9 Å². The average molecular weight is 346 g/mol. The van der Waals surface area contributed by atoms with Gasteiger partial charge in [-0.1, -0.05) is 6.92 Å². The van der Waals surface area contributed by atoms with Gasteiger partial charge in [-0.25, -0.2) is 13.4 Å². The van der Waals surface area contributed by atoms with Crippen molar-refractivity contribution < 1.29 is 8.42 Å². The Bertz CT molecular complexity index is 710. The van der Waals surface area contributed by atoms with E-state index in [4.69, 9.17) is 11.5 Å². The van der Waals surface area contributed by atoms with Crippen molar-refractivity contribution in [3.63, 3.8) is 0 Å². The van der Waals surface area contributed by atoms with Crippen LogP contribution < -0.4 is 16.4 Å². The normalized spacial score (nSPS) is 17.3. The summed E-state index contributed by atoms with van der Waals surface area (Å²) >= 11 is 0. The fourth-order valence-corrected chi connectivity index (χ4v) is 3.10. The van der Waals surface area contributed by atoms with Crippen molar-refractivity contribution in [2.45, 2.75) is 31.3 Å². The Morgan fingerprint density at radius 3 is 2.18 bits per heavy atom. The van der Waals surface area contributed by atoms with Crippen LogP contribution in [0.25, 0.3) is 0 Å². The first kappa shape index (κ1) is 18.2. The molecule has 1 aliphatic rings. The summed E-state index contributed by atoms with van der Waals surface area (Å²) in [6.07, 6.45) is 0. The maximum Gasteiger partial charge on any atom is 0.220 e. The Hall–Kier alpha value is -1.80. The van der Waals surface area contributed by atoms with E-state index in [2.05, 4.69) is 9.98 Å². The predicted octanol–water partition coefficient (Wildman–Crippen LogP) is 1.09. The molecule has 4 N–H and O–H groups in total. The van der Waals surface area contributed by atoms with E-state index in [1.807, 2.05) is 13.8 Å². The largest absolute Gasteiger partial charge is 0.369 e. The van der Waals surface area contributed by atoms with Gasteiger partial charge in [-0.2, -0.15) is 4.99 Å². The molecular weight excluding hydrogens is 326 g/mol. The number of guanidine groups is 2. The average Bonchev–Trinajstić information content (AvgIpc) is 2.37. The minimum atomic E-state index is -3.22. The van der Waals surface area contributed by atoms with Crippen LogP contribution in [0.3, 0.4) is 0 Å². The lowest BCUT2D eigenvalue weighted by molar-refractivity contribution is 0.534. The number of hydrogen-bond acceptors (Lipinski definition) is 7. The van der Waals surface area contributed by atoms with Gasteiger partial charge in [-0.3, -0.25) is 4.90 Å². The molecule has 2 rings (SSSR count). The molecular formula is C13H20ClN5O2S. The number of hydrogen-bond donors (Lipinski definition) is 2. The Labute approximate surface area is 136 Å². The number of halogens is 1. The molecule has 0 aromatic heterocycles. The van der Waals surface area contributed by atoms with Crippen molar-refractivity contribution in [2.24, 2.45) is 21.5 Å². The van der Waals surface area contributed by atoms with Gasteiger partial charge < -0.3 is 11.5 Å². The molecule has 0 saturated carbocycles. The maximum absolute atomic E-state index is 11.8. The number of rotatable bonds is 3. The summed E-state index contributed by atoms with van der Waals surface area (Å²) in [6.45, 7) is 5.30. The summed E-state index contributed by atoms with van der Waals surface area (Å²) in [5, 5.41) is 0. The van der Waals surface area contributed by atoms with Crippen LogP contribution in [0.5, 0.6) is 0 Å². The summed E-state index contributed by atoms with van der Waals surface area (Å²) in [7, 11) is -3.22. The summed E-state index contributed by atoms with van der Waals surface area (Å²) in [5.41, 5.74) is 11.5. The van der Waals surface area contributed by atoms with Crippen LogP contribution in [0.2, 0.25) is 0 Å². The topological polar surface area (TPSA) is 114 Å². The number of aliphatic imine (C=N–C) groups is 2. The van der Waals surface area contributed by atoms with E-state index in [-0.39, 0.29) is 35.0 Å². The number of anilines is 1. The minimum absolute atomic E-state index is 0. The molecule has 0 amide bonds. The molecule has 9 heteroatoms. The van der Waals surface area contributed by atoms with Gasteiger partial charge in [0.1, 0.15) is 5.66 Å². The molecule has 0 spiro atoms. The van der Waals surface area contributed by atoms with Crippen LogP contribution in [0.1, 0.15) is 20.8 Å². The fraction of sp³-hybridized carbons (Fsp3) is 0.385. The Morgan fingerprint density at radius 2 is 1.73 bits per heavy atom. The first-order valence-electron chi connectivity index (χ1n) is 6.50. The first-order chi connectivity index (χ1) is 9.67. The quantitative estimate of drug-likeness (QED) is 0.851. The third-order valence-corrected chi connectivity index (χ3v) is 4.98. The zero-order valence-electron chi connectivity index (χ0n) is 12.6. The second-order valence-electron chi connectivity index (χ2n) is 5.17. The van der Waals surface area contributed by atoms with Crippen molar-refractivity contribution in [3.05, 3.63) is 24.3 Å². The molecule has 0 unspecified atom stereocenters.